The number of hydrogen-bond donors (Lipinski definition) is 0. The maximum absolute atomic E-state index is 14.2. The highest BCUT2D eigenvalue weighted by molar-refractivity contribution is 7.22. The number of aromatic nitrogens is 1. The van der Waals surface area contributed by atoms with Crippen LogP contribution in [0.2, 0.25) is 0 Å². The van der Waals surface area contributed by atoms with Crippen LogP contribution >= 0.6 is 11.3 Å². The Morgan fingerprint density at radius 2 is 1.93 bits per heavy atom. The van der Waals surface area contributed by atoms with E-state index in [2.05, 4.69) is 16.8 Å². The zero-order valence-electron chi connectivity index (χ0n) is 17.7. The van der Waals surface area contributed by atoms with Gasteiger partial charge in [-0.1, -0.05) is 36.8 Å². The highest BCUT2D eigenvalue weighted by Gasteiger charge is 2.22. The van der Waals surface area contributed by atoms with Crippen molar-refractivity contribution in [2.45, 2.75) is 26.2 Å². The second kappa shape index (κ2) is 10.5. The van der Waals surface area contributed by atoms with Gasteiger partial charge in [-0.25, -0.2) is 9.37 Å². The minimum absolute atomic E-state index is 0.158. The van der Waals surface area contributed by atoms with Crippen molar-refractivity contribution in [1.29, 1.82) is 0 Å². The van der Waals surface area contributed by atoms with Crippen LogP contribution in [0.25, 0.3) is 10.2 Å². The van der Waals surface area contributed by atoms with Crippen molar-refractivity contribution in [2.24, 2.45) is 0 Å². The van der Waals surface area contributed by atoms with E-state index in [-0.39, 0.29) is 11.7 Å². The minimum atomic E-state index is -0.373. The van der Waals surface area contributed by atoms with Crippen LogP contribution in [0.15, 0.2) is 42.5 Å². The van der Waals surface area contributed by atoms with E-state index >= 15 is 0 Å². The SMILES string of the molecule is CCCCOc1cccc(C(=O)N(CCCN(C)C)c2nc3c(F)cccc3s2)c1. The lowest BCUT2D eigenvalue weighted by atomic mass is 10.2. The van der Waals surface area contributed by atoms with Crippen LogP contribution in [0.4, 0.5) is 9.52 Å². The van der Waals surface area contributed by atoms with Crippen LogP contribution < -0.4 is 9.64 Å². The Morgan fingerprint density at radius 3 is 2.67 bits per heavy atom. The maximum Gasteiger partial charge on any atom is 0.260 e. The summed E-state index contributed by atoms with van der Waals surface area (Å²) < 4.78 is 20.7. The molecular weight excluding hydrogens is 401 g/mol. The summed E-state index contributed by atoms with van der Waals surface area (Å²) in [6.07, 6.45) is 2.79. The number of amides is 1. The van der Waals surface area contributed by atoms with Gasteiger partial charge in [0.05, 0.1) is 11.3 Å². The lowest BCUT2D eigenvalue weighted by Crippen LogP contribution is -2.33. The third-order valence-electron chi connectivity index (χ3n) is 4.67. The number of carbonyl (C=O) groups is 1. The number of carbonyl (C=O) groups excluding carboxylic acids is 1. The molecule has 0 atom stereocenters. The summed E-state index contributed by atoms with van der Waals surface area (Å²) in [6.45, 7) is 4.07. The van der Waals surface area contributed by atoms with E-state index in [1.54, 1.807) is 23.1 Å². The summed E-state index contributed by atoms with van der Waals surface area (Å²) in [7, 11) is 3.99. The minimum Gasteiger partial charge on any atom is -0.494 e. The van der Waals surface area contributed by atoms with E-state index < -0.39 is 0 Å². The molecule has 3 aromatic rings. The summed E-state index contributed by atoms with van der Waals surface area (Å²) >= 11 is 1.33. The van der Waals surface area contributed by atoms with Crippen LogP contribution in [-0.4, -0.2) is 49.6 Å². The Labute approximate surface area is 181 Å². The summed E-state index contributed by atoms with van der Waals surface area (Å²) in [4.78, 5) is 21.6. The quantitative estimate of drug-likeness (QED) is 0.415. The zero-order valence-corrected chi connectivity index (χ0v) is 18.5. The number of fused-ring (bicyclic) bond motifs is 1. The molecule has 0 N–H and O–H groups in total. The van der Waals surface area contributed by atoms with Crippen molar-refractivity contribution in [2.75, 3.05) is 38.7 Å². The lowest BCUT2D eigenvalue weighted by molar-refractivity contribution is 0.0985. The maximum atomic E-state index is 14.2. The molecule has 0 aliphatic rings. The molecular formula is C23H28FN3O2S. The third-order valence-corrected chi connectivity index (χ3v) is 5.71. The second-order valence-electron chi connectivity index (χ2n) is 7.43. The molecule has 30 heavy (non-hydrogen) atoms. The molecule has 2 aromatic carbocycles. The molecule has 0 spiro atoms. The van der Waals surface area contributed by atoms with Gasteiger partial charge >= 0.3 is 0 Å². The summed E-state index contributed by atoms with van der Waals surface area (Å²) in [6, 6.07) is 12.1. The van der Waals surface area contributed by atoms with Gasteiger partial charge in [0, 0.05) is 12.1 Å². The van der Waals surface area contributed by atoms with Gasteiger partial charge in [-0.2, -0.15) is 0 Å². The molecule has 0 aliphatic heterocycles. The Morgan fingerprint density at radius 1 is 1.13 bits per heavy atom. The Balaban J connectivity index is 1.88. The van der Waals surface area contributed by atoms with E-state index in [1.165, 1.54) is 17.4 Å². The highest BCUT2D eigenvalue weighted by atomic mass is 32.1. The van der Waals surface area contributed by atoms with E-state index in [1.807, 2.05) is 32.3 Å². The predicted octanol–water partition coefficient (Wildman–Crippen LogP) is 5.21. The van der Waals surface area contributed by atoms with Gasteiger partial charge < -0.3 is 9.64 Å². The first kappa shape index (κ1) is 22.2. The molecule has 0 saturated heterocycles. The number of nitrogens with zero attached hydrogens (tertiary/aromatic N) is 3. The molecule has 5 nitrogen and oxygen atoms in total. The van der Waals surface area contributed by atoms with E-state index in [0.717, 1.165) is 30.5 Å². The van der Waals surface area contributed by atoms with Gasteiger partial charge in [-0.3, -0.25) is 9.69 Å². The molecule has 1 heterocycles. The number of hydrogen-bond acceptors (Lipinski definition) is 5. The second-order valence-corrected chi connectivity index (χ2v) is 8.44. The van der Waals surface area contributed by atoms with Crippen LogP contribution in [0.3, 0.4) is 0 Å². The van der Waals surface area contributed by atoms with Gasteiger partial charge in [0.1, 0.15) is 17.1 Å². The van der Waals surface area contributed by atoms with Crippen LogP contribution in [0.5, 0.6) is 5.75 Å². The van der Waals surface area contributed by atoms with Gasteiger partial charge in [-0.15, -0.1) is 0 Å². The van der Waals surface area contributed by atoms with Gasteiger partial charge in [0.2, 0.25) is 0 Å². The summed E-state index contributed by atoms with van der Waals surface area (Å²) in [5.41, 5.74) is 0.841. The Kier molecular flexibility index (Phi) is 7.76. The number of halogens is 1. The molecule has 3 rings (SSSR count). The molecule has 0 fully saturated rings. The molecule has 0 aliphatic carbocycles. The van der Waals surface area contributed by atoms with Crippen LogP contribution in [0.1, 0.15) is 36.5 Å². The van der Waals surface area contributed by atoms with Gasteiger partial charge in [-0.05, 0) is 63.8 Å². The normalized spacial score (nSPS) is 11.2. The van der Waals surface area contributed by atoms with Crippen LogP contribution in [-0.2, 0) is 0 Å². The van der Waals surface area contributed by atoms with Crippen molar-refractivity contribution in [3.63, 3.8) is 0 Å². The van der Waals surface area contributed by atoms with Crippen molar-refractivity contribution in [3.8, 4) is 5.75 Å². The average molecular weight is 430 g/mol. The largest absolute Gasteiger partial charge is 0.494 e. The predicted molar refractivity (Wildman–Crippen MR) is 121 cm³/mol. The van der Waals surface area contributed by atoms with Crippen LogP contribution in [0, 0.1) is 5.82 Å². The number of ether oxygens (including phenoxy) is 1. The molecule has 0 saturated carbocycles. The highest BCUT2D eigenvalue weighted by Crippen LogP contribution is 2.31. The lowest BCUT2D eigenvalue weighted by Gasteiger charge is -2.21. The van der Waals surface area contributed by atoms with E-state index in [9.17, 15) is 9.18 Å². The standard InChI is InChI=1S/C23H28FN3O2S/c1-4-5-15-29-18-10-6-9-17(16-18)22(28)27(14-8-13-26(2)3)23-25-21-19(24)11-7-12-20(21)30-23/h6-7,9-12,16H,4-5,8,13-15H2,1-3H3. The number of para-hydroxylation sites is 1. The molecule has 1 aromatic heterocycles. The van der Waals surface area contributed by atoms with E-state index in [4.69, 9.17) is 4.74 Å². The first-order chi connectivity index (χ1) is 14.5. The molecule has 0 radical (unpaired) electrons. The topological polar surface area (TPSA) is 45.7 Å². The monoisotopic (exact) mass is 429 g/mol. The number of benzene rings is 2. The first-order valence-electron chi connectivity index (χ1n) is 10.2. The molecule has 0 bridgehead atoms. The van der Waals surface area contributed by atoms with Gasteiger partial charge in [0.25, 0.3) is 5.91 Å². The Hall–Kier alpha value is -2.51. The summed E-state index contributed by atoms with van der Waals surface area (Å²) in [5, 5.41) is 0.510. The van der Waals surface area contributed by atoms with E-state index in [0.29, 0.717) is 35.1 Å². The number of unbranched alkanes of at least 4 members (excludes halogenated alkanes) is 1. The molecule has 1 amide bonds. The van der Waals surface area contributed by atoms with Crippen molar-refractivity contribution in [3.05, 3.63) is 53.8 Å². The zero-order chi connectivity index (χ0) is 21.5. The third kappa shape index (κ3) is 5.55. The number of rotatable bonds is 10. The smallest absolute Gasteiger partial charge is 0.260 e. The number of thiazole rings is 1. The summed E-state index contributed by atoms with van der Waals surface area (Å²) in [5.74, 6) is 0.147. The fourth-order valence-electron chi connectivity index (χ4n) is 3.06. The van der Waals surface area contributed by atoms with Gasteiger partial charge in [0.15, 0.2) is 5.13 Å². The Bertz CT molecular complexity index is 989. The van der Waals surface area contributed by atoms with Crippen molar-refractivity contribution in [1.82, 2.24) is 9.88 Å². The van der Waals surface area contributed by atoms with Crippen molar-refractivity contribution >= 4 is 32.6 Å². The van der Waals surface area contributed by atoms with Crippen molar-refractivity contribution < 1.29 is 13.9 Å². The molecule has 0 unspecified atom stereocenters. The molecule has 160 valence electrons. The fourth-order valence-corrected chi connectivity index (χ4v) is 4.06. The molecule has 7 heteroatoms. The number of anilines is 1. The first-order valence-corrected chi connectivity index (χ1v) is 11.1. The fraction of sp³-hybridized carbons (Fsp3) is 0.391. The average Bonchev–Trinajstić information content (AvgIpc) is 3.16.